The number of nitrogens with zero attached hydrogens (tertiary/aromatic N) is 1. The molecule has 14 heavy (non-hydrogen) atoms. The van der Waals surface area contributed by atoms with Gasteiger partial charge in [0, 0.05) is 18.6 Å². The molecule has 0 spiro atoms. The van der Waals surface area contributed by atoms with Gasteiger partial charge in [0.1, 0.15) is 0 Å². The molecule has 0 aliphatic heterocycles. The summed E-state index contributed by atoms with van der Waals surface area (Å²) in [6.07, 6.45) is 6.73. The van der Waals surface area contributed by atoms with Crippen molar-refractivity contribution in [3.63, 3.8) is 0 Å². The summed E-state index contributed by atoms with van der Waals surface area (Å²) in [5.74, 6) is 0.724. The topological polar surface area (TPSA) is 29.3 Å². The minimum Gasteiger partial charge on any atom is -0.327 e. The van der Waals surface area contributed by atoms with Gasteiger partial charge in [0.15, 0.2) is 0 Å². The second kappa shape index (κ2) is 5.72. The zero-order valence-corrected chi connectivity index (χ0v) is 10.00. The number of rotatable bonds is 5. The third kappa shape index (κ3) is 3.97. The molecule has 0 radical (unpaired) electrons. The van der Waals surface area contributed by atoms with E-state index in [0.29, 0.717) is 6.04 Å². The molecule has 0 aromatic carbocycles. The van der Waals surface area contributed by atoms with Gasteiger partial charge >= 0.3 is 0 Å². The molecule has 1 saturated carbocycles. The maximum atomic E-state index is 6.10. The molecule has 1 atom stereocenters. The lowest BCUT2D eigenvalue weighted by molar-refractivity contribution is 0.222. The number of nitrogens with two attached hydrogens (primary N) is 1. The minimum absolute atomic E-state index is 0.362. The van der Waals surface area contributed by atoms with E-state index in [1.165, 1.54) is 25.7 Å². The van der Waals surface area contributed by atoms with E-state index in [-0.39, 0.29) is 0 Å². The fourth-order valence-electron chi connectivity index (χ4n) is 2.54. The van der Waals surface area contributed by atoms with Gasteiger partial charge in [0.2, 0.25) is 0 Å². The van der Waals surface area contributed by atoms with Crippen LogP contribution in [0.3, 0.4) is 0 Å². The lowest BCUT2D eigenvalue weighted by Gasteiger charge is -2.27. The van der Waals surface area contributed by atoms with Gasteiger partial charge < -0.3 is 10.6 Å². The average Bonchev–Trinajstić information content (AvgIpc) is 2.53. The van der Waals surface area contributed by atoms with E-state index in [4.69, 9.17) is 5.73 Å². The first-order valence-corrected chi connectivity index (χ1v) is 6.05. The fraction of sp³-hybridized carbons (Fsp3) is 1.00. The summed E-state index contributed by atoms with van der Waals surface area (Å²) in [6, 6.07) is 1.17. The van der Waals surface area contributed by atoms with Crippen LogP contribution in [-0.4, -0.2) is 30.6 Å². The third-order valence-electron chi connectivity index (χ3n) is 3.24. The molecule has 2 N–H and O–H groups in total. The molecular formula is C12H26N2. The van der Waals surface area contributed by atoms with Gasteiger partial charge in [-0.05, 0) is 32.2 Å². The molecule has 1 unspecified atom stereocenters. The zero-order chi connectivity index (χ0) is 10.6. The van der Waals surface area contributed by atoms with Crippen LogP contribution in [0.5, 0.6) is 0 Å². The Morgan fingerprint density at radius 1 is 1.29 bits per heavy atom. The summed E-state index contributed by atoms with van der Waals surface area (Å²) in [4.78, 5) is 2.47. The molecule has 1 rings (SSSR count). The van der Waals surface area contributed by atoms with Crippen molar-refractivity contribution in [3.8, 4) is 0 Å². The van der Waals surface area contributed by atoms with Gasteiger partial charge in [-0.1, -0.05) is 26.7 Å². The van der Waals surface area contributed by atoms with Crippen LogP contribution in [0.25, 0.3) is 0 Å². The molecule has 2 heteroatoms. The van der Waals surface area contributed by atoms with Crippen molar-refractivity contribution in [2.45, 2.75) is 58.0 Å². The van der Waals surface area contributed by atoms with Crippen molar-refractivity contribution in [2.75, 3.05) is 13.6 Å². The molecule has 0 bridgehead atoms. The second-order valence-electron chi connectivity index (χ2n) is 5.27. The molecule has 1 aliphatic rings. The highest BCUT2D eigenvalue weighted by molar-refractivity contribution is 4.78. The quantitative estimate of drug-likeness (QED) is 0.734. The summed E-state index contributed by atoms with van der Waals surface area (Å²) in [7, 11) is 2.23. The molecule has 0 amide bonds. The van der Waals surface area contributed by atoms with Gasteiger partial charge in [-0.2, -0.15) is 0 Å². The Bertz CT molecular complexity index is 150. The van der Waals surface area contributed by atoms with Crippen LogP contribution in [0, 0.1) is 5.92 Å². The number of likely N-dealkylation sites (N-methyl/N-ethyl adjacent to an activating group) is 1. The summed E-state index contributed by atoms with van der Waals surface area (Å²) in [6.45, 7) is 5.56. The van der Waals surface area contributed by atoms with Crippen molar-refractivity contribution in [1.82, 2.24) is 4.90 Å². The van der Waals surface area contributed by atoms with Crippen molar-refractivity contribution < 1.29 is 0 Å². The Labute approximate surface area is 88.8 Å². The highest BCUT2D eigenvalue weighted by Gasteiger charge is 2.20. The lowest BCUT2D eigenvalue weighted by atomic mass is 10.0. The normalized spacial score (nSPS) is 21.0. The summed E-state index contributed by atoms with van der Waals surface area (Å²) >= 11 is 0. The van der Waals surface area contributed by atoms with Crippen molar-refractivity contribution in [3.05, 3.63) is 0 Å². The summed E-state index contributed by atoms with van der Waals surface area (Å²) < 4.78 is 0. The zero-order valence-electron chi connectivity index (χ0n) is 10.00. The summed E-state index contributed by atoms with van der Waals surface area (Å²) in [5, 5.41) is 0. The van der Waals surface area contributed by atoms with Crippen molar-refractivity contribution in [2.24, 2.45) is 11.7 Å². The molecule has 0 aromatic heterocycles. The highest BCUT2D eigenvalue weighted by Crippen LogP contribution is 2.22. The fourth-order valence-corrected chi connectivity index (χ4v) is 2.54. The van der Waals surface area contributed by atoms with E-state index in [2.05, 4.69) is 25.8 Å². The van der Waals surface area contributed by atoms with E-state index in [1.807, 2.05) is 0 Å². The van der Waals surface area contributed by atoms with Crippen LogP contribution in [-0.2, 0) is 0 Å². The predicted molar refractivity (Wildman–Crippen MR) is 62.3 cm³/mol. The minimum atomic E-state index is 0.362. The first kappa shape index (κ1) is 12.0. The SMILES string of the molecule is CC(C)CC(N)CN(C)C1CCCC1. The van der Waals surface area contributed by atoms with Gasteiger partial charge in [-0.15, -0.1) is 0 Å². The molecule has 0 heterocycles. The van der Waals surface area contributed by atoms with Crippen LogP contribution in [0.2, 0.25) is 0 Å². The van der Waals surface area contributed by atoms with Crippen LogP contribution in [0.15, 0.2) is 0 Å². The van der Waals surface area contributed by atoms with Gasteiger partial charge in [0.05, 0.1) is 0 Å². The Balaban J connectivity index is 2.21. The molecular weight excluding hydrogens is 172 g/mol. The van der Waals surface area contributed by atoms with E-state index in [0.717, 1.165) is 24.9 Å². The Kier molecular flexibility index (Phi) is 4.90. The lowest BCUT2D eigenvalue weighted by Crippen LogP contribution is -2.40. The maximum absolute atomic E-state index is 6.10. The van der Waals surface area contributed by atoms with Crippen LogP contribution in [0.1, 0.15) is 46.0 Å². The maximum Gasteiger partial charge on any atom is 0.0170 e. The third-order valence-corrected chi connectivity index (χ3v) is 3.24. The van der Waals surface area contributed by atoms with Gasteiger partial charge in [0.25, 0.3) is 0 Å². The molecule has 0 aromatic rings. The van der Waals surface area contributed by atoms with Crippen LogP contribution >= 0.6 is 0 Å². The molecule has 0 saturated heterocycles. The van der Waals surface area contributed by atoms with Crippen molar-refractivity contribution in [1.29, 1.82) is 0 Å². The first-order valence-electron chi connectivity index (χ1n) is 6.05. The summed E-state index contributed by atoms with van der Waals surface area (Å²) in [5.41, 5.74) is 6.10. The van der Waals surface area contributed by atoms with E-state index >= 15 is 0 Å². The Hall–Kier alpha value is -0.0800. The Morgan fingerprint density at radius 2 is 1.86 bits per heavy atom. The highest BCUT2D eigenvalue weighted by atomic mass is 15.1. The Morgan fingerprint density at radius 3 is 2.36 bits per heavy atom. The number of hydrogen-bond donors (Lipinski definition) is 1. The van der Waals surface area contributed by atoms with Crippen molar-refractivity contribution >= 4 is 0 Å². The van der Waals surface area contributed by atoms with Crippen LogP contribution in [0.4, 0.5) is 0 Å². The molecule has 84 valence electrons. The van der Waals surface area contributed by atoms with E-state index in [9.17, 15) is 0 Å². The molecule has 2 nitrogen and oxygen atoms in total. The molecule has 1 aliphatic carbocycles. The first-order chi connectivity index (χ1) is 6.59. The number of hydrogen-bond acceptors (Lipinski definition) is 2. The second-order valence-corrected chi connectivity index (χ2v) is 5.27. The van der Waals surface area contributed by atoms with Gasteiger partial charge in [-0.25, -0.2) is 0 Å². The monoisotopic (exact) mass is 198 g/mol. The van der Waals surface area contributed by atoms with E-state index < -0.39 is 0 Å². The smallest absolute Gasteiger partial charge is 0.0170 e. The van der Waals surface area contributed by atoms with E-state index in [1.54, 1.807) is 0 Å². The van der Waals surface area contributed by atoms with Crippen LogP contribution < -0.4 is 5.73 Å². The predicted octanol–water partition coefficient (Wildman–Crippen LogP) is 2.23. The largest absolute Gasteiger partial charge is 0.327 e. The van der Waals surface area contributed by atoms with Gasteiger partial charge in [-0.3, -0.25) is 0 Å². The molecule has 1 fully saturated rings. The standard InChI is InChI=1S/C12H26N2/c1-10(2)8-11(13)9-14(3)12-6-4-5-7-12/h10-12H,4-9,13H2,1-3H3. The average molecular weight is 198 g/mol.